The average molecular weight is 477 g/mol. The van der Waals surface area contributed by atoms with Crippen molar-refractivity contribution in [1.82, 2.24) is 0 Å². The van der Waals surface area contributed by atoms with Crippen LogP contribution in [0, 0.1) is 5.82 Å². The maximum atomic E-state index is 14.0. The molecule has 4 rings (SSSR count). The summed E-state index contributed by atoms with van der Waals surface area (Å²) in [6.07, 6.45) is 3.10. The van der Waals surface area contributed by atoms with Crippen LogP contribution in [0.2, 0.25) is 0 Å². The topological polar surface area (TPSA) is 44.8 Å². The molecule has 0 N–H and O–H groups in total. The molecule has 0 aliphatic carbocycles. The van der Waals surface area contributed by atoms with E-state index in [2.05, 4.69) is 0 Å². The molecular weight excluding hydrogens is 451 g/mol. The molecule has 34 heavy (non-hydrogen) atoms. The molecule has 6 heteroatoms. The number of thiophene rings is 1. The van der Waals surface area contributed by atoms with E-state index in [1.54, 1.807) is 19.3 Å². The fourth-order valence-corrected chi connectivity index (χ4v) is 4.52. The van der Waals surface area contributed by atoms with Crippen molar-refractivity contribution in [2.75, 3.05) is 7.11 Å². The van der Waals surface area contributed by atoms with Crippen molar-refractivity contribution >= 4 is 33.5 Å². The summed E-state index contributed by atoms with van der Waals surface area (Å²) in [5, 5.41) is 0.916. The Morgan fingerprint density at radius 2 is 1.71 bits per heavy atom. The van der Waals surface area contributed by atoms with Gasteiger partial charge in [0.2, 0.25) is 0 Å². The number of hydrogen-bond donors (Lipinski definition) is 0. The van der Waals surface area contributed by atoms with Crippen molar-refractivity contribution in [3.8, 4) is 27.7 Å². The standard InChI is InChI=1S/C28H25FO4S/c1-28(2,3)33-25(30)15-10-18-8-11-21(12-9-18)32-26-23-14-13-22(31-4)17-24(23)34-27(26)19-6-5-7-20(29)16-19/h5-17H,1-4H3/b15-10+. The molecule has 0 radical (unpaired) electrons. The number of halogens is 1. The summed E-state index contributed by atoms with van der Waals surface area (Å²) in [6, 6.07) is 19.6. The van der Waals surface area contributed by atoms with E-state index in [1.807, 2.05) is 69.3 Å². The number of ether oxygens (including phenoxy) is 3. The zero-order chi connectivity index (χ0) is 24.3. The SMILES string of the molecule is COc1ccc2c(Oc3ccc(/C=C/C(=O)OC(C)(C)C)cc3)c(-c3cccc(F)c3)sc2c1. The summed E-state index contributed by atoms with van der Waals surface area (Å²) in [5.41, 5.74) is 1.04. The second kappa shape index (κ2) is 9.69. The van der Waals surface area contributed by atoms with Crippen LogP contribution in [0.4, 0.5) is 4.39 Å². The molecule has 0 saturated carbocycles. The summed E-state index contributed by atoms with van der Waals surface area (Å²) >= 11 is 1.52. The van der Waals surface area contributed by atoms with Gasteiger partial charge in [0, 0.05) is 16.2 Å². The quantitative estimate of drug-likeness (QED) is 0.210. The van der Waals surface area contributed by atoms with Crippen molar-refractivity contribution in [2.45, 2.75) is 26.4 Å². The lowest BCUT2D eigenvalue weighted by Crippen LogP contribution is -2.22. The molecule has 0 amide bonds. The third-order valence-corrected chi connectivity index (χ3v) is 6.04. The van der Waals surface area contributed by atoms with Crippen LogP contribution in [-0.2, 0) is 9.53 Å². The molecule has 0 bridgehead atoms. The van der Waals surface area contributed by atoms with Gasteiger partial charge in [-0.25, -0.2) is 9.18 Å². The highest BCUT2D eigenvalue weighted by molar-refractivity contribution is 7.22. The lowest BCUT2D eigenvalue weighted by molar-refractivity contribution is -0.148. The molecule has 0 spiro atoms. The van der Waals surface area contributed by atoms with Gasteiger partial charge in [-0.3, -0.25) is 0 Å². The summed E-state index contributed by atoms with van der Waals surface area (Å²) in [4.78, 5) is 12.7. The number of esters is 1. The Bertz CT molecular complexity index is 1350. The Balaban J connectivity index is 1.63. The van der Waals surface area contributed by atoms with Gasteiger partial charge in [-0.1, -0.05) is 24.3 Å². The molecule has 4 aromatic rings. The Morgan fingerprint density at radius 3 is 2.38 bits per heavy atom. The largest absolute Gasteiger partial charge is 0.497 e. The number of carbonyl (C=O) groups excluding carboxylic acids is 1. The lowest BCUT2D eigenvalue weighted by atomic mass is 10.1. The Hall–Kier alpha value is -3.64. The Morgan fingerprint density at radius 1 is 0.971 bits per heavy atom. The zero-order valence-corrected chi connectivity index (χ0v) is 20.2. The summed E-state index contributed by atoms with van der Waals surface area (Å²) < 4.78 is 31.9. The van der Waals surface area contributed by atoms with Crippen LogP contribution < -0.4 is 9.47 Å². The van der Waals surface area contributed by atoms with E-state index in [0.29, 0.717) is 11.5 Å². The van der Waals surface area contributed by atoms with Gasteiger partial charge in [-0.15, -0.1) is 11.3 Å². The summed E-state index contributed by atoms with van der Waals surface area (Å²) in [7, 11) is 1.62. The van der Waals surface area contributed by atoms with Crippen molar-refractivity contribution in [1.29, 1.82) is 0 Å². The second-order valence-electron chi connectivity index (χ2n) is 8.67. The molecule has 3 aromatic carbocycles. The molecule has 4 nitrogen and oxygen atoms in total. The van der Waals surface area contributed by atoms with E-state index >= 15 is 0 Å². The molecule has 0 saturated heterocycles. The van der Waals surface area contributed by atoms with Gasteiger partial charge in [-0.2, -0.15) is 0 Å². The first-order chi connectivity index (χ1) is 16.2. The molecule has 0 atom stereocenters. The number of carbonyl (C=O) groups is 1. The van der Waals surface area contributed by atoms with Crippen LogP contribution in [0.15, 0.2) is 72.8 Å². The second-order valence-corrected chi connectivity index (χ2v) is 9.72. The van der Waals surface area contributed by atoms with Gasteiger partial charge in [-0.05, 0) is 80.4 Å². The minimum Gasteiger partial charge on any atom is -0.497 e. The monoisotopic (exact) mass is 476 g/mol. The van der Waals surface area contributed by atoms with Crippen molar-refractivity contribution in [2.24, 2.45) is 0 Å². The molecule has 0 aliphatic heterocycles. The van der Waals surface area contributed by atoms with Crippen LogP contribution in [0.3, 0.4) is 0 Å². The normalized spacial score (nSPS) is 11.7. The maximum Gasteiger partial charge on any atom is 0.331 e. The van der Waals surface area contributed by atoms with Crippen molar-refractivity contribution in [3.05, 3.63) is 84.2 Å². The minimum atomic E-state index is -0.536. The Kier molecular flexibility index (Phi) is 6.70. The molecule has 1 aromatic heterocycles. The predicted molar refractivity (Wildman–Crippen MR) is 135 cm³/mol. The van der Waals surface area contributed by atoms with Crippen LogP contribution >= 0.6 is 11.3 Å². The molecule has 174 valence electrons. The Labute approximate surface area is 202 Å². The summed E-state index contributed by atoms with van der Waals surface area (Å²) in [6.45, 7) is 5.48. The first-order valence-electron chi connectivity index (χ1n) is 10.8. The van der Waals surface area contributed by atoms with E-state index in [-0.39, 0.29) is 5.82 Å². The zero-order valence-electron chi connectivity index (χ0n) is 19.4. The van der Waals surface area contributed by atoms with Crippen molar-refractivity contribution < 1.29 is 23.4 Å². The van der Waals surface area contributed by atoms with E-state index in [9.17, 15) is 9.18 Å². The number of hydrogen-bond acceptors (Lipinski definition) is 5. The van der Waals surface area contributed by atoms with Gasteiger partial charge in [0.15, 0.2) is 5.75 Å². The third-order valence-electron chi connectivity index (χ3n) is 4.86. The highest BCUT2D eigenvalue weighted by atomic mass is 32.1. The van der Waals surface area contributed by atoms with Crippen molar-refractivity contribution in [3.63, 3.8) is 0 Å². The van der Waals surface area contributed by atoms with E-state index in [0.717, 1.165) is 31.8 Å². The number of fused-ring (bicyclic) bond motifs is 1. The minimum absolute atomic E-state index is 0.306. The van der Waals surface area contributed by atoms with E-state index in [1.165, 1.54) is 29.5 Å². The van der Waals surface area contributed by atoms with Gasteiger partial charge in [0.05, 0.1) is 12.0 Å². The molecule has 0 fully saturated rings. The molecule has 1 heterocycles. The number of rotatable bonds is 6. The maximum absolute atomic E-state index is 14.0. The highest BCUT2D eigenvalue weighted by Crippen LogP contribution is 2.47. The fourth-order valence-electron chi connectivity index (χ4n) is 3.37. The molecular formula is C28H25FO4S. The van der Waals surface area contributed by atoms with Crippen LogP contribution in [0.5, 0.6) is 17.2 Å². The third kappa shape index (κ3) is 5.64. The summed E-state index contributed by atoms with van der Waals surface area (Å²) in [5.74, 6) is 1.33. The van der Waals surface area contributed by atoms with Gasteiger partial charge < -0.3 is 14.2 Å². The molecule has 0 unspecified atom stereocenters. The van der Waals surface area contributed by atoms with Gasteiger partial charge in [0.25, 0.3) is 0 Å². The fraction of sp³-hybridized carbons (Fsp3) is 0.179. The lowest BCUT2D eigenvalue weighted by Gasteiger charge is -2.17. The predicted octanol–water partition coefficient (Wildman–Crippen LogP) is 7.86. The van der Waals surface area contributed by atoms with E-state index < -0.39 is 11.6 Å². The van der Waals surface area contributed by atoms with Gasteiger partial charge >= 0.3 is 5.97 Å². The van der Waals surface area contributed by atoms with Gasteiger partial charge in [0.1, 0.15) is 22.9 Å². The van der Waals surface area contributed by atoms with Crippen LogP contribution in [0.25, 0.3) is 26.6 Å². The number of methoxy groups -OCH3 is 1. The van der Waals surface area contributed by atoms with E-state index in [4.69, 9.17) is 14.2 Å². The highest BCUT2D eigenvalue weighted by Gasteiger charge is 2.18. The van der Waals surface area contributed by atoms with Crippen LogP contribution in [0.1, 0.15) is 26.3 Å². The first-order valence-corrected chi connectivity index (χ1v) is 11.6. The smallest absolute Gasteiger partial charge is 0.331 e. The average Bonchev–Trinajstić information content (AvgIpc) is 3.15. The van der Waals surface area contributed by atoms with Crippen LogP contribution in [-0.4, -0.2) is 18.7 Å². The number of benzene rings is 3. The first kappa shape index (κ1) is 23.5. The molecule has 0 aliphatic rings.